The van der Waals surface area contributed by atoms with Crippen LogP contribution in [0, 0.1) is 13.8 Å². The summed E-state index contributed by atoms with van der Waals surface area (Å²) < 4.78 is 5.25. The minimum Gasteiger partial charge on any atom is -0.506 e. The number of carbonyl (C=O) groups is 2. The molecule has 0 fully saturated rings. The molecule has 1 heterocycles. The number of phenolic OH excluding ortho intramolecular Hbond substituents is 1. The second-order valence-electron chi connectivity index (χ2n) is 4.32. The molecule has 2 aromatic rings. The average Bonchev–Trinajstić information content (AvgIpc) is 2.71. The lowest BCUT2D eigenvalue weighted by Crippen LogP contribution is -2.12. The van der Waals surface area contributed by atoms with Crippen molar-refractivity contribution in [3.63, 3.8) is 0 Å². The van der Waals surface area contributed by atoms with E-state index in [4.69, 9.17) is 9.52 Å². The predicted molar refractivity (Wildman–Crippen MR) is 71.2 cm³/mol. The van der Waals surface area contributed by atoms with Gasteiger partial charge < -0.3 is 19.9 Å². The van der Waals surface area contributed by atoms with Gasteiger partial charge in [0.2, 0.25) is 0 Å². The quantitative estimate of drug-likeness (QED) is 0.747. The van der Waals surface area contributed by atoms with Crippen molar-refractivity contribution in [2.75, 3.05) is 5.32 Å². The third-order valence-corrected chi connectivity index (χ3v) is 2.78. The molecule has 1 aromatic carbocycles. The Labute approximate surface area is 114 Å². The van der Waals surface area contributed by atoms with Crippen molar-refractivity contribution >= 4 is 17.6 Å². The predicted octanol–water partition coefficient (Wildman–Crippen LogP) is 2.55. The first-order valence-electron chi connectivity index (χ1n) is 5.83. The summed E-state index contributed by atoms with van der Waals surface area (Å²) in [6.07, 6.45) is 0. The highest BCUT2D eigenvalue weighted by molar-refractivity contribution is 6.06. The van der Waals surface area contributed by atoms with E-state index in [2.05, 4.69) is 5.32 Å². The lowest BCUT2D eigenvalue weighted by Gasteiger charge is -2.07. The van der Waals surface area contributed by atoms with Crippen LogP contribution in [0.3, 0.4) is 0 Å². The molecule has 0 aliphatic carbocycles. The molecule has 0 atom stereocenters. The number of hydrogen-bond donors (Lipinski definition) is 3. The Bertz CT molecular complexity index is 687. The van der Waals surface area contributed by atoms with Gasteiger partial charge >= 0.3 is 5.97 Å². The van der Waals surface area contributed by atoms with Crippen molar-refractivity contribution in [3.8, 4) is 5.75 Å². The summed E-state index contributed by atoms with van der Waals surface area (Å²) >= 11 is 0. The molecule has 3 N–H and O–H groups in total. The molecular formula is C14H13NO5. The first kappa shape index (κ1) is 13.7. The molecule has 0 unspecified atom stereocenters. The molecule has 0 saturated heterocycles. The summed E-state index contributed by atoms with van der Waals surface area (Å²) in [4.78, 5) is 22.9. The normalized spacial score (nSPS) is 10.3. The molecule has 1 aromatic heterocycles. The second kappa shape index (κ2) is 5.08. The Balaban J connectivity index is 2.30. The smallest absolute Gasteiger partial charge is 0.335 e. The lowest BCUT2D eigenvalue weighted by atomic mass is 10.1. The molecule has 0 spiro atoms. The number of hydrogen-bond acceptors (Lipinski definition) is 4. The molecular weight excluding hydrogens is 262 g/mol. The van der Waals surface area contributed by atoms with Crippen LogP contribution < -0.4 is 5.32 Å². The van der Waals surface area contributed by atoms with Crippen LogP contribution in [0.1, 0.15) is 32.2 Å². The van der Waals surface area contributed by atoms with Gasteiger partial charge in [-0.3, -0.25) is 4.79 Å². The zero-order chi connectivity index (χ0) is 14.9. The molecule has 20 heavy (non-hydrogen) atoms. The average molecular weight is 275 g/mol. The van der Waals surface area contributed by atoms with E-state index in [1.807, 2.05) is 0 Å². The molecule has 0 radical (unpaired) electrons. The van der Waals surface area contributed by atoms with Crippen LogP contribution in [0.4, 0.5) is 5.69 Å². The number of aromatic carboxylic acids is 1. The van der Waals surface area contributed by atoms with Crippen molar-refractivity contribution in [2.24, 2.45) is 0 Å². The Hall–Kier alpha value is -2.76. The fourth-order valence-electron chi connectivity index (χ4n) is 1.82. The number of benzene rings is 1. The number of phenols is 1. The highest BCUT2D eigenvalue weighted by Crippen LogP contribution is 2.25. The molecule has 1 amide bonds. The zero-order valence-electron chi connectivity index (χ0n) is 10.9. The van der Waals surface area contributed by atoms with E-state index in [9.17, 15) is 14.7 Å². The summed E-state index contributed by atoms with van der Waals surface area (Å²) in [5, 5.41) is 21.0. The summed E-state index contributed by atoms with van der Waals surface area (Å²) in [6, 6.07) is 5.23. The van der Waals surface area contributed by atoms with Gasteiger partial charge in [-0.1, -0.05) is 0 Å². The Morgan fingerprint density at radius 2 is 1.90 bits per heavy atom. The van der Waals surface area contributed by atoms with Gasteiger partial charge in [-0.15, -0.1) is 0 Å². The first-order chi connectivity index (χ1) is 9.38. The topological polar surface area (TPSA) is 99.8 Å². The maximum atomic E-state index is 12.1. The van der Waals surface area contributed by atoms with Crippen molar-refractivity contribution in [3.05, 3.63) is 46.9 Å². The number of aryl methyl sites for hydroxylation is 2. The third kappa shape index (κ3) is 2.64. The van der Waals surface area contributed by atoms with Gasteiger partial charge in [0.25, 0.3) is 5.91 Å². The number of furan rings is 1. The van der Waals surface area contributed by atoms with E-state index in [0.29, 0.717) is 17.1 Å². The molecule has 104 valence electrons. The number of carbonyl (C=O) groups excluding carboxylic acids is 1. The van der Waals surface area contributed by atoms with Crippen molar-refractivity contribution < 1.29 is 24.2 Å². The Morgan fingerprint density at radius 3 is 2.45 bits per heavy atom. The van der Waals surface area contributed by atoms with E-state index in [-0.39, 0.29) is 17.0 Å². The van der Waals surface area contributed by atoms with E-state index in [1.54, 1.807) is 19.9 Å². The minimum atomic E-state index is -1.14. The second-order valence-corrected chi connectivity index (χ2v) is 4.32. The van der Waals surface area contributed by atoms with Crippen LogP contribution in [0.25, 0.3) is 0 Å². The molecule has 0 saturated carbocycles. The maximum absolute atomic E-state index is 12.1. The van der Waals surface area contributed by atoms with Crippen molar-refractivity contribution in [1.29, 1.82) is 0 Å². The number of rotatable bonds is 3. The standard InChI is InChI=1S/C14H13NO5/c1-7-5-10(8(2)20-7)13(17)15-11-6-9(14(18)19)3-4-12(11)16/h3-6,16H,1-2H3,(H,15,17)(H,18,19). The van der Waals surface area contributed by atoms with Gasteiger partial charge in [-0.25, -0.2) is 4.79 Å². The summed E-state index contributed by atoms with van der Waals surface area (Å²) in [7, 11) is 0. The van der Waals surface area contributed by atoms with Gasteiger partial charge in [0.15, 0.2) is 0 Å². The number of aromatic hydroxyl groups is 1. The Kier molecular flexibility index (Phi) is 3.47. The van der Waals surface area contributed by atoms with E-state index < -0.39 is 11.9 Å². The van der Waals surface area contributed by atoms with Gasteiger partial charge in [0, 0.05) is 0 Å². The van der Waals surface area contributed by atoms with Gasteiger partial charge in [0.05, 0.1) is 16.8 Å². The third-order valence-electron chi connectivity index (χ3n) is 2.78. The maximum Gasteiger partial charge on any atom is 0.335 e. The summed E-state index contributed by atoms with van der Waals surface area (Å²) in [5.74, 6) is -0.778. The minimum absolute atomic E-state index is 0.0294. The number of carboxylic acids is 1. The monoisotopic (exact) mass is 275 g/mol. The van der Waals surface area contributed by atoms with E-state index >= 15 is 0 Å². The highest BCUT2D eigenvalue weighted by atomic mass is 16.4. The van der Waals surface area contributed by atoms with Crippen LogP contribution >= 0.6 is 0 Å². The van der Waals surface area contributed by atoms with E-state index in [1.165, 1.54) is 18.2 Å². The molecule has 6 heteroatoms. The van der Waals surface area contributed by atoms with Crippen LogP contribution in [0.5, 0.6) is 5.75 Å². The van der Waals surface area contributed by atoms with Crippen LogP contribution in [-0.4, -0.2) is 22.1 Å². The SMILES string of the molecule is Cc1cc(C(=O)Nc2cc(C(=O)O)ccc2O)c(C)o1. The highest BCUT2D eigenvalue weighted by Gasteiger charge is 2.16. The van der Waals surface area contributed by atoms with Gasteiger partial charge in [-0.2, -0.15) is 0 Å². The number of carboxylic acid groups (broad SMARTS) is 1. The van der Waals surface area contributed by atoms with Crippen molar-refractivity contribution in [1.82, 2.24) is 0 Å². The zero-order valence-corrected chi connectivity index (χ0v) is 10.9. The van der Waals surface area contributed by atoms with Gasteiger partial charge in [0.1, 0.15) is 17.3 Å². The van der Waals surface area contributed by atoms with Crippen molar-refractivity contribution in [2.45, 2.75) is 13.8 Å². The lowest BCUT2D eigenvalue weighted by molar-refractivity contribution is 0.0696. The molecule has 6 nitrogen and oxygen atoms in total. The largest absolute Gasteiger partial charge is 0.506 e. The molecule has 0 aliphatic rings. The summed E-state index contributed by atoms with van der Waals surface area (Å²) in [6.45, 7) is 3.36. The van der Waals surface area contributed by atoms with Gasteiger partial charge in [-0.05, 0) is 38.1 Å². The molecule has 2 rings (SSSR count). The Morgan fingerprint density at radius 1 is 1.20 bits per heavy atom. The summed E-state index contributed by atoms with van der Waals surface area (Å²) in [5.41, 5.74) is 0.342. The van der Waals surface area contributed by atoms with Crippen LogP contribution in [0.15, 0.2) is 28.7 Å². The van der Waals surface area contributed by atoms with Crippen LogP contribution in [0.2, 0.25) is 0 Å². The number of anilines is 1. The van der Waals surface area contributed by atoms with Crippen LogP contribution in [-0.2, 0) is 0 Å². The van der Waals surface area contributed by atoms with E-state index in [0.717, 1.165) is 0 Å². The fourth-order valence-corrected chi connectivity index (χ4v) is 1.82. The first-order valence-corrected chi connectivity index (χ1v) is 5.83. The number of amides is 1. The molecule has 0 aliphatic heterocycles. The number of nitrogens with one attached hydrogen (secondary N) is 1. The molecule has 0 bridgehead atoms. The fraction of sp³-hybridized carbons (Fsp3) is 0.143.